The zero-order valence-corrected chi connectivity index (χ0v) is 17.9. The van der Waals surface area contributed by atoms with Gasteiger partial charge in [-0.25, -0.2) is 4.90 Å². The molecule has 1 spiro atoms. The monoisotopic (exact) mass is 415 g/mol. The molecule has 0 bridgehead atoms. The van der Waals surface area contributed by atoms with E-state index in [4.69, 9.17) is 0 Å². The van der Waals surface area contributed by atoms with E-state index in [2.05, 4.69) is 10.2 Å². The summed E-state index contributed by atoms with van der Waals surface area (Å²) >= 11 is 0. The van der Waals surface area contributed by atoms with Crippen molar-refractivity contribution < 1.29 is 14.4 Å². The van der Waals surface area contributed by atoms with E-state index in [1.807, 2.05) is 57.2 Å². The molecule has 0 saturated carbocycles. The molecular formula is C25H25N3O3. The highest BCUT2D eigenvalue weighted by molar-refractivity contribution is 6.26. The lowest BCUT2D eigenvalue weighted by atomic mass is 9.75. The fourth-order valence-electron chi connectivity index (χ4n) is 6.61. The van der Waals surface area contributed by atoms with Crippen LogP contribution in [0.3, 0.4) is 0 Å². The van der Waals surface area contributed by atoms with Crippen molar-refractivity contribution in [1.29, 1.82) is 0 Å². The largest absolute Gasteiger partial charge is 0.324 e. The molecule has 4 aliphatic heterocycles. The second-order valence-electron chi connectivity index (χ2n) is 9.48. The highest BCUT2D eigenvalue weighted by atomic mass is 16.2. The van der Waals surface area contributed by atoms with Crippen LogP contribution >= 0.6 is 0 Å². The van der Waals surface area contributed by atoms with Gasteiger partial charge in [0.1, 0.15) is 5.54 Å². The fraction of sp³-hybridized carbons (Fsp3) is 0.400. The average Bonchev–Trinajstić information content (AvgIpc) is 3.42. The second-order valence-corrected chi connectivity index (χ2v) is 9.48. The van der Waals surface area contributed by atoms with E-state index >= 15 is 0 Å². The van der Waals surface area contributed by atoms with Crippen LogP contribution in [0.5, 0.6) is 0 Å². The molecule has 6 heteroatoms. The number of hydrogen-bond acceptors (Lipinski definition) is 4. The number of hydrogen-bond donors (Lipinski definition) is 1. The van der Waals surface area contributed by atoms with Gasteiger partial charge in [0, 0.05) is 17.3 Å². The minimum atomic E-state index is -1.10. The Morgan fingerprint density at radius 3 is 2.48 bits per heavy atom. The number of amides is 3. The maximum atomic E-state index is 14.0. The summed E-state index contributed by atoms with van der Waals surface area (Å²) in [6.07, 6.45) is 1.76. The third-order valence-electron chi connectivity index (χ3n) is 7.74. The van der Waals surface area contributed by atoms with E-state index in [1.54, 1.807) is 0 Å². The van der Waals surface area contributed by atoms with Crippen molar-refractivity contribution in [2.45, 2.75) is 45.2 Å². The van der Waals surface area contributed by atoms with Crippen molar-refractivity contribution in [3.8, 4) is 0 Å². The van der Waals surface area contributed by atoms with Crippen molar-refractivity contribution >= 4 is 29.1 Å². The second kappa shape index (κ2) is 6.04. The molecule has 1 N–H and O–H groups in total. The highest BCUT2D eigenvalue weighted by Gasteiger charge is 2.74. The molecule has 6 nitrogen and oxygen atoms in total. The third-order valence-corrected chi connectivity index (χ3v) is 7.74. The van der Waals surface area contributed by atoms with Crippen LogP contribution < -0.4 is 10.2 Å². The van der Waals surface area contributed by atoms with Crippen molar-refractivity contribution in [2.75, 3.05) is 16.8 Å². The minimum absolute atomic E-state index is 0.0885. The number of aryl methyl sites for hydroxylation is 3. The molecule has 2 aromatic rings. The summed E-state index contributed by atoms with van der Waals surface area (Å²) in [7, 11) is 0. The normalized spacial score (nSPS) is 31.4. The first-order chi connectivity index (χ1) is 14.9. The molecule has 4 heterocycles. The Morgan fingerprint density at radius 2 is 1.71 bits per heavy atom. The zero-order valence-electron chi connectivity index (χ0n) is 17.9. The van der Waals surface area contributed by atoms with Gasteiger partial charge in [0.25, 0.3) is 0 Å². The summed E-state index contributed by atoms with van der Waals surface area (Å²) < 4.78 is 0. The first kappa shape index (κ1) is 18.8. The molecule has 3 fully saturated rings. The molecule has 4 atom stereocenters. The van der Waals surface area contributed by atoms with E-state index in [0.29, 0.717) is 5.69 Å². The number of rotatable bonds is 1. The van der Waals surface area contributed by atoms with Crippen molar-refractivity contribution in [3.05, 3.63) is 58.7 Å². The molecule has 0 aromatic heterocycles. The summed E-state index contributed by atoms with van der Waals surface area (Å²) in [6, 6.07) is 11.6. The minimum Gasteiger partial charge on any atom is -0.324 e. The smallest absolute Gasteiger partial charge is 0.250 e. The molecule has 3 saturated heterocycles. The summed E-state index contributed by atoms with van der Waals surface area (Å²) in [4.78, 5) is 44.9. The van der Waals surface area contributed by atoms with Crippen LogP contribution in [0.2, 0.25) is 0 Å². The molecule has 6 rings (SSSR count). The number of fused-ring (bicyclic) bond motifs is 7. The lowest BCUT2D eigenvalue weighted by Crippen LogP contribution is -2.54. The SMILES string of the molecule is Cc1ccc(N2C(=O)[C@H]3[C@@H](C2=O)[C@]2(C(=O)Nc4ccc(C)cc42)N2CCC[C@@H]32)c(C)c1. The Labute approximate surface area is 181 Å². The molecule has 158 valence electrons. The number of benzene rings is 2. The van der Waals surface area contributed by atoms with Gasteiger partial charge in [-0.1, -0.05) is 35.4 Å². The quantitative estimate of drug-likeness (QED) is 0.727. The topological polar surface area (TPSA) is 69.7 Å². The molecule has 31 heavy (non-hydrogen) atoms. The number of nitrogens with one attached hydrogen (secondary N) is 1. The van der Waals surface area contributed by atoms with Gasteiger partial charge in [-0.05, 0) is 57.9 Å². The van der Waals surface area contributed by atoms with Crippen LogP contribution in [0.4, 0.5) is 11.4 Å². The maximum Gasteiger partial charge on any atom is 0.250 e. The van der Waals surface area contributed by atoms with Gasteiger partial charge >= 0.3 is 0 Å². The van der Waals surface area contributed by atoms with Crippen molar-refractivity contribution in [2.24, 2.45) is 11.8 Å². The number of carbonyl (C=O) groups is 3. The molecule has 0 aliphatic carbocycles. The first-order valence-corrected chi connectivity index (χ1v) is 11.0. The van der Waals surface area contributed by atoms with Crippen LogP contribution in [0, 0.1) is 32.6 Å². The summed E-state index contributed by atoms with van der Waals surface area (Å²) in [5, 5.41) is 3.03. The highest BCUT2D eigenvalue weighted by Crippen LogP contribution is 2.60. The van der Waals surface area contributed by atoms with E-state index in [9.17, 15) is 14.4 Å². The number of carbonyl (C=O) groups excluding carboxylic acids is 3. The van der Waals surface area contributed by atoms with E-state index in [1.165, 1.54) is 4.90 Å². The van der Waals surface area contributed by atoms with Gasteiger partial charge in [-0.3, -0.25) is 19.3 Å². The fourth-order valence-corrected chi connectivity index (χ4v) is 6.61. The maximum absolute atomic E-state index is 14.0. The van der Waals surface area contributed by atoms with E-state index in [0.717, 1.165) is 47.3 Å². The Morgan fingerprint density at radius 1 is 0.968 bits per heavy atom. The number of imide groups is 1. The van der Waals surface area contributed by atoms with Gasteiger partial charge in [0.15, 0.2) is 0 Å². The van der Waals surface area contributed by atoms with Gasteiger partial charge in [0.2, 0.25) is 17.7 Å². The van der Waals surface area contributed by atoms with Crippen LogP contribution in [0.25, 0.3) is 0 Å². The Bertz CT molecular complexity index is 1190. The van der Waals surface area contributed by atoms with Crippen LogP contribution in [0.15, 0.2) is 36.4 Å². The van der Waals surface area contributed by atoms with Crippen LogP contribution in [-0.4, -0.2) is 35.2 Å². The van der Waals surface area contributed by atoms with Crippen molar-refractivity contribution in [1.82, 2.24) is 4.90 Å². The van der Waals surface area contributed by atoms with Crippen molar-refractivity contribution in [3.63, 3.8) is 0 Å². The summed E-state index contributed by atoms with van der Waals surface area (Å²) in [5.41, 5.74) is 4.15. The lowest BCUT2D eigenvalue weighted by molar-refractivity contribution is -0.135. The first-order valence-electron chi connectivity index (χ1n) is 11.0. The zero-order chi connectivity index (χ0) is 21.7. The molecular weight excluding hydrogens is 390 g/mol. The van der Waals surface area contributed by atoms with Gasteiger partial charge in [-0.15, -0.1) is 0 Å². The predicted octanol–water partition coefficient (Wildman–Crippen LogP) is 3.04. The summed E-state index contributed by atoms with van der Waals surface area (Å²) in [5.74, 6) is -1.77. The Kier molecular flexibility index (Phi) is 3.65. The van der Waals surface area contributed by atoms with E-state index in [-0.39, 0.29) is 23.8 Å². The third kappa shape index (κ3) is 2.13. The molecule has 4 aliphatic rings. The number of anilines is 2. The van der Waals surface area contributed by atoms with Gasteiger partial charge in [0.05, 0.1) is 17.5 Å². The van der Waals surface area contributed by atoms with Gasteiger partial charge in [-0.2, -0.15) is 0 Å². The molecule has 3 amide bonds. The standard InChI is InChI=1S/C25H25N3O3/c1-13-7-9-18(15(3)11-13)28-22(29)20-19-5-4-10-27(19)25(21(20)23(28)30)16-12-14(2)6-8-17(16)26-24(25)31/h6-9,11-12,19-21H,4-5,10H2,1-3H3,(H,26,31)/t19-,20+,21-,25+/m0/s1. The number of nitrogens with zero attached hydrogens (tertiary/aromatic N) is 2. The predicted molar refractivity (Wildman–Crippen MR) is 117 cm³/mol. The summed E-state index contributed by atoms with van der Waals surface area (Å²) in [6.45, 7) is 6.64. The Balaban J connectivity index is 1.57. The average molecular weight is 415 g/mol. The van der Waals surface area contributed by atoms with Gasteiger partial charge < -0.3 is 5.32 Å². The molecule has 0 unspecified atom stereocenters. The van der Waals surface area contributed by atoms with Crippen LogP contribution in [-0.2, 0) is 19.9 Å². The van der Waals surface area contributed by atoms with Crippen LogP contribution in [0.1, 0.15) is 35.1 Å². The van der Waals surface area contributed by atoms with E-state index < -0.39 is 17.4 Å². The molecule has 2 aromatic carbocycles. The Hall–Kier alpha value is -2.99. The molecule has 0 radical (unpaired) electrons. The lowest BCUT2D eigenvalue weighted by Gasteiger charge is -2.37.